The molecular formula is C68H56BBrN2O2. The highest BCUT2D eigenvalue weighted by Gasteiger charge is 2.51. The van der Waals surface area contributed by atoms with Crippen molar-refractivity contribution in [3.05, 3.63) is 271 Å². The standard InChI is InChI=1S/C38H26BrN.C30H30BNO2/c39-35-20-17-32-24-33-23-30(15-16-31(33)25-34(32)26-35)29-13-11-27(12-14-29)28-18-21-38(22-19-28)40(36-7-3-1-4-8-36)37-9-5-2-6-10-37;1-29(2)30(3,4)34-31(33-29)25-19-15-23(16-20-25)24-17-21-28(22-18-24)32(26-11-7-5-8-12-26)27-13-9-6-10-14-27/h1-26H;5-22H,1-4H3. The van der Waals surface area contributed by atoms with E-state index < -0.39 is 0 Å². The van der Waals surface area contributed by atoms with Gasteiger partial charge in [-0.2, -0.15) is 0 Å². The molecule has 1 aliphatic rings. The normalized spacial score (nSPS) is 13.6. The molecule has 0 aromatic heterocycles. The molecule has 0 N–H and O–H groups in total. The Morgan fingerprint density at radius 3 is 0.986 bits per heavy atom. The molecule has 6 heteroatoms. The molecule has 11 aromatic rings. The van der Waals surface area contributed by atoms with Gasteiger partial charge in [0.2, 0.25) is 0 Å². The van der Waals surface area contributed by atoms with Gasteiger partial charge in [0.15, 0.2) is 0 Å². The number of para-hydroxylation sites is 4. The quantitative estimate of drug-likeness (QED) is 0.101. The van der Waals surface area contributed by atoms with Gasteiger partial charge < -0.3 is 19.1 Å². The van der Waals surface area contributed by atoms with Gasteiger partial charge >= 0.3 is 7.12 Å². The molecule has 1 heterocycles. The summed E-state index contributed by atoms with van der Waals surface area (Å²) in [6.07, 6.45) is 0. The predicted molar refractivity (Wildman–Crippen MR) is 317 cm³/mol. The molecule has 0 radical (unpaired) electrons. The Morgan fingerprint density at radius 2 is 0.595 bits per heavy atom. The molecule has 0 atom stereocenters. The summed E-state index contributed by atoms with van der Waals surface area (Å²) in [4.78, 5) is 4.56. The van der Waals surface area contributed by atoms with E-state index in [0.29, 0.717) is 0 Å². The minimum atomic E-state index is -0.341. The summed E-state index contributed by atoms with van der Waals surface area (Å²) in [5.41, 5.74) is 14.4. The van der Waals surface area contributed by atoms with Crippen LogP contribution < -0.4 is 15.3 Å². The number of nitrogens with zero attached hydrogens (tertiary/aromatic N) is 2. The van der Waals surface area contributed by atoms with Gasteiger partial charge in [-0.15, -0.1) is 0 Å². The number of anilines is 6. The number of hydrogen-bond donors (Lipinski definition) is 0. The molecule has 0 saturated carbocycles. The molecule has 1 fully saturated rings. The molecule has 0 bridgehead atoms. The number of halogens is 1. The molecule has 74 heavy (non-hydrogen) atoms. The zero-order valence-electron chi connectivity index (χ0n) is 42.1. The topological polar surface area (TPSA) is 24.9 Å². The first-order valence-corrected chi connectivity index (χ1v) is 26.1. The summed E-state index contributed by atoms with van der Waals surface area (Å²) < 4.78 is 13.5. The van der Waals surface area contributed by atoms with Crippen molar-refractivity contribution < 1.29 is 9.31 Å². The molecule has 4 nitrogen and oxygen atoms in total. The molecule has 0 unspecified atom stereocenters. The van der Waals surface area contributed by atoms with Gasteiger partial charge in [0.25, 0.3) is 0 Å². The lowest BCUT2D eigenvalue weighted by Crippen LogP contribution is -2.41. The third-order valence-corrected chi connectivity index (χ3v) is 14.9. The number of rotatable bonds is 10. The Bertz CT molecular complexity index is 3550. The largest absolute Gasteiger partial charge is 0.494 e. The summed E-state index contributed by atoms with van der Waals surface area (Å²) in [5, 5.41) is 5.02. The number of hydrogen-bond acceptors (Lipinski definition) is 4. The van der Waals surface area contributed by atoms with Gasteiger partial charge in [-0.05, 0) is 191 Å². The van der Waals surface area contributed by atoms with Crippen LogP contribution in [0.25, 0.3) is 54.9 Å². The summed E-state index contributed by atoms with van der Waals surface area (Å²) in [6.45, 7) is 8.32. The SMILES string of the molecule is Brc1ccc2cc3cc(-c4ccc(-c5ccc(N(c6ccccc6)c6ccccc6)cc5)cc4)ccc3cc2c1.CC1(C)OB(c2ccc(-c3ccc(N(c4ccccc4)c4ccccc4)cc3)cc2)OC1(C)C. The van der Waals surface area contributed by atoms with Crippen LogP contribution in [0.2, 0.25) is 0 Å². The summed E-state index contributed by atoms with van der Waals surface area (Å²) in [5.74, 6) is 0. The minimum Gasteiger partial charge on any atom is -0.399 e. The highest BCUT2D eigenvalue weighted by Crippen LogP contribution is 2.39. The van der Waals surface area contributed by atoms with Gasteiger partial charge in [0.1, 0.15) is 0 Å². The Labute approximate surface area is 444 Å². The highest BCUT2D eigenvalue weighted by molar-refractivity contribution is 9.10. The Hall–Kier alpha value is -8.00. The second kappa shape index (κ2) is 20.9. The van der Waals surface area contributed by atoms with Crippen LogP contribution in [0.1, 0.15) is 27.7 Å². The third kappa shape index (κ3) is 10.3. The van der Waals surface area contributed by atoms with Gasteiger partial charge in [-0.1, -0.05) is 180 Å². The fraction of sp³-hybridized carbons (Fsp3) is 0.0882. The van der Waals surface area contributed by atoms with E-state index in [1.807, 2.05) is 12.1 Å². The van der Waals surface area contributed by atoms with E-state index >= 15 is 0 Å². The number of benzene rings is 11. The highest BCUT2D eigenvalue weighted by atomic mass is 79.9. The maximum absolute atomic E-state index is 6.19. The third-order valence-electron chi connectivity index (χ3n) is 14.4. The zero-order chi connectivity index (χ0) is 50.7. The summed E-state index contributed by atoms with van der Waals surface area (Å²) in [6, 6.07) is 94.6. The van der Waals surface area contributed by atoms with Crippen molar-refractivity contribution >= 4 is 84.2 Å². The van der Waals surface area contributed by atoms with Crippen molar-refractivity contribution in [2.75, 3.05) is 9.80 Å². The summed E-state index contributed by atoms with van der Waals surface area (Å²) in [7, 11) is -0.341. The van der Waals surface area contributed by atoms with Crippen LogP contribution in [-0.4, -0.2) is 18.3 Å². The van der Waals surface area contributed by atoms with Crippen molar-refractivity contribution in [1.29, 1.82) is 0 Å². The molecule has 11 aromatic carbocycles. The van der Waals surface area contributed by atoms with Crippen molar-refractivity contribution in [3.8, 4) is 33.4 Å². The Morgan fingerprint density at radius 1 is 0.297 bits per heavy atom. The van der Waals surface area contributed by atoms with E-state index in [4.69, 9.17) is 9.31 Å². The maximum atomic E-state index is 6.19. The molecular weight excluding hydrogens is 967 g/mol. The number of fused-ring (bicyclic) bond motifs is 2. The molecule has 1 saturated heterocycles. The fourth-order valence-corrected chi connectivity index (χ4v) is 10.0. The van der Waals surface area contributed by atoms with Crippen molar-refractivity contribution in [3.63, 3.8) is 0 Å². The van der Waals surface area contributed by atoms with E-state index in [0.717, 1.165) is 49.6 Å². The lowest BCUT2D eigenvalue weighted by molar-refractivity contribution is 0.00578. The van der Waals surface area contributed by atoms with E-state index in [2.05, 4.69) is 308 Å². The fourth-order valence-electron chi connectivity index (χ4n) is 9.62. The van der Waals surface area contributed by atoms with E-state index in [1.165, 1.54) is 49.4 Å². The summed E-state index contributed by atoms with van der Waals surface area (Å²) >= 11 is 3.59. The van der Waals surface area contributed by atoms with E-state index in [9.17, 15) is 0 Å². The van der Waals surface area contributed by atoms with Crippen molar-refractivity contribution in [2.24, 2.45) is 0 Å². The second-order valence-corrected chi connectivity index (χ2v) is 20.7. The second-order valence-electron chi connectivity index (χ2n) is 19.8. The minimum absolute atomic E-state index is 0.338. The van der Waals surface area contributed by atoms with Crippen LogP contribution in [0, 0.1) is 0 Å². The van der Waals surface area contributed by atoms with Gasteiger partial charge in [0.05, 0.1) is 11.2 Å². The monoisotopic (exact) mass is 1020 g/mol. The smallest absolute Gasteiger partial charge is 0.399 e. The first-order chi connectivity index (χ1) is 36.0. The molecule has 0 aliphatic carbocycles. The van der Waals surface area contributed by atoms with Gasteiger partial charge in [-0.25, -0.2) is 0 Å². The van der Waals surface area contributed by atoms with Crippen molar-refractivity contribution in [1.82, 2.24) is 0 Å². The Kier molecular flexibility index (Phi) is 13.6. The first-order valence-electron chi connectivity index (χ1n) is 25.3. The van der Waals surface area contributed by atoms with Crippen LogP contribution in [0.5, 0.6) is 0 Å². The maximum Gasteiger partial charge on any atom is 0.494 e. The van der Waals surface area contributed by atoms with E-state index in [-0.39, 0.29) is 18.3 Å². The average Bonchev–Trinajstić information content (AvgIpc) is 3.67. The van der Waals surface area contributed by atoms with Crippen molar-refractivity contribution in [2.45, 2.75) is 38.9 Å². The van der Waals surface area contributed by atoms with Crippen LogP contribution in [0.4, 0.5) is 34.1 Å². The Balaban J connectivity index is 0.000000161. The van der Waals surface area contributed by atoms with Crippen LogP contribution in [0.15, 0.2) is 271 Å². The molecule has 0 amide bonds. The molecule has 1 aliphatic heterocycles. The lowest BCUT2D eigenvalue weighted by atomic mass is 9.78. The van der Waals surface area contributed by atoms with E-state index in [1.54, 1.807) is 0 Å². The van der Waals surface area contributed by atoms with Crippen LogP contribution in [0.3, 0.4) is 0 Å². The van der Waals surface area contributed by atoms with Gasteiger partial charge in [0, 0.05) is 38.6 Å². The molecule has 360 valence electrons. The molecule has 0 spiro atoms. The average molecular weight is 1020 g/mol. The molecule has 12 rings (SSSR count). The first kappa shape index (κ1) is 48.3. The lowest BCUT2D eigenvalue weighted by Gasteiger charge is -2.32. The predicted octanol–water partition coefficient (Wildman–Crippen LogP) is 18.7. The van der Waals surface area contributed by atoms with Crippen LogP contribution >= 0.6 is 15.9 Å². The zero-order valence-corrected chi connectivity index (χ0v) is 43.7. The van der Waals surface area contributed by atoms with Crippen LogP contribution in [-0.2, 0) is 9.31 Å². The van der Waals surface area contributed by atoms with Gasteiger partial charge in [-0.3, -0.25) is 0 Å².